The van der Waals surface area contributed by atoms with Crippen LogP contribution in [0.3, 0.4) is 0 Å². The number of imide groups is 1. The number of nitrogens with zero attached hydrogens (tertiary/aromatic N) is 1. The largest absolute Gasteiger partial charge is 0.282 e. The first-order chi connectivity index (χ1) is 6.74. The summed E-state index contributed by atoms with van der Waals surface area (Å²) in [5, 5.41) is 0. The summed E-state index contributed by atoms with van der Waals surface area (Å²) >= 11 is 0. The number of amides is 2. The van der Waals surface area contributed by atoms with Crippen LogP contribution in [0.25, 0.3) is 0 Å². The fourth-order valence-electron chi connectivity index (χ4n) is 3.28. The van der Waals surface area contributed by atoms with Gasteiger partial charge in [-0.3, -0.25) is 14.5 Å². The first kappa shape index (κ1) is 8.21. The molecule has 2 fully saturated rings. The summed E-state index contributed by atoms with van der Waals surface area (Å²) in [7, 11) is 0. The Hall–Kier alpha value is -1.12. The van der Waals surface area contributed by atoms with Crippen LogP contribution in [0.2, 0.25) is 0 Å². The predicted molar refractivity (Wildman–Crippen MR) is 50.1 cm³/mol. The van der Waals surface area contributed by atoms with E-state index < -0.39 is 0 Å². The van der Waals surface area contributed by atoms with Crippen molar-refractivity contribution >= 4 is 11.8 Å². The van der Waals surface area contributed by atoms with Crippen molar-refractivity contribution in [3.63, 3.8) is 0 Å². The Balaban J connectivity index is 2.02. The highest BCUT2D eigenvalue weighted by Gasteiger charge is 2.58. The van der Waals surface area contributed by atoms with Crippen molar-refractivity contribution in [2.75, 3.05) is 6.54 Å². The molecule has 1 saturated heterocycles. The van der Waals surface area contributed by atoms with Gasteiger partial charge in [-0.15, -0.1) is 0 Å². The second kappa shape index (κ2) is 2.47. The Labute approximate surface area is 82.8 Å². The van der Waals surface area contributed by atoms with Crippen molar-refractivity contribution in [2.45, 2.75) is 13.3 Å². The van der Waals surface area contributed by atoms with Crippen molar-refractivity contribution in [3.05, 3.63) is 12.2 Å². The molecule has 3 aliphatic rings. The number of fused-ring (bicyclic) bond motifs is 5. The molecule has 2 aliphatic carbocycles. The lowest BCUT2D eigenvalue weighted by Crippen LogP contribution is -2.32. The molecule has 74 valence electrons. The lowest BCUT2D eigenvalue weighted by atomic mass is 9.85. The minimum absolute atomic E-state index is 0.0163. The molecule has 1 saturated carbocycles. The number of carbonyl (C=O) groups excluding carboxylic acids is 2. The third-order valence-corrected chi connectivity index (χ3v) is 3.88. The molecule has 2 unspecified atom stereocenters. The third kappa shape index (κ3) is 0.740. The molecule has 14 heavy (non-hydrogen) atoms. The molecule has 3 nitrogen and oxygen atoms in total. The summed E-state index contributed by atoms with van der Waals surface area (Å²) in [6.45, 7) is 2.40. The minimum Gasteiger partial charge on any atom is -0.282 e. The van der Waals surface area contributed by atoms with Crippen LogP contribution in [-0.4, -0.2) is 23.3 Å². The first-order valence-corrected chi connectivity index (χ1v) is 5.27. The van der Waals surface area contributed by atoms with Gasteiger partial charge in [0.25, 0.3) is 0 Å². The number of rotatable bonds is 1. The monoisotopic (exact) mass is 191 g/mol. The average molecular weight is 191 g/mol. The zero-order chi connectivity index (χ0) is 9.87. The molecular formula is C11H13NO2. The molecule has 1 aliphatic heterocycles. The van der Waals surface area contributed by atoms with Gasteiger partial charge in [-0.2, -0.15) is 0 Å². The molecule has 4 atom stereocenters. The normalized spacial score (nSPS) is 43.9. The number of hydrogen-bond donors (Lipinski definition) is 0. The summed E-state index contributed by atoms with van der Waals surface area (Å²) in [5.74, 6) is 0.796. The van der Waals surface area contributed by atoms with E-state index >= 15 is 0 Å². The predicted octanol–water partition coefficient (Wildman–Crippen LogP) is 0.813. The van der Waals surface area contributed by atoms with E-state index in [1.165, 1.54) is 4.90 Å². The number of carbonyl (C=O) groups is 2. The van der Waals surface area contributed by atoms with Gasteiger partial charge < -0.3 is 0 Å². The topological polar surface area (TPSA) is 37.4 Å². The minimum atomic E-state index is -0.0163. The third-order valence-electron chi connectivity index (χ3n) is 3.88. The molecule has 0 N–H and O–H groups in total. The highest BCUT2D eigenvalue weighted by atomic mass is 16.2. The number of hydrogen-bond acceptors (Lipinski definition) is 2. The molecule has 0 spiro atoms. The summed E-state index contributed by atoms with van der Waals surface area (Å²) in [4.78, 5) is 25.2. The highest BCUT2D eigenvalue weighted by Crippen LogP contribution is 2.52. The summed E-state index contributed by atoms with van der Waals surface area (Å²) in [6, 6.07) is 0. The maximum atomic E-state index is 11.9. The molecule has 0 aromatic rings. The number of allylic oxidation sites excluding steroid dienone is 2. The Morgan fingerprint density at radius 3 is 2.14 bits per heavy atom. The van der Waals surface area contributed by atoms with E-state index in [1.807, 2.05) is 6.92 Å². The van der Waals surface area contributed by atoms with E-state index in [0.717, 1.165) is 6.42 Å². The van der Waals surface area contributed by atoms with Crippen LogP contribution in [0.4, 0.5) is 0 Å². The van der Waals surface area contributed by atoms with E-state index in [2.05, 4.69) is 12.2 Å². The van der Waals surface area contributed by atoms with Gasteiger partial charge in [0.2, 0.25) is 11.8 Å². The fourth-order valence-corrected chi connectivity index (χ4v) is 3.28. The highest BCUT2D eigenvalue weighted by molar-refractivity contribution is 6.06. The van der Waals surface area contributed by atoms with E-state index in [9.17, 15) is 9.59 Å². The number of likely N-dealkylation sites (tertiary alicyclic amines) is 1. The van der Waals surface area contributed by atoms with Crippen LogP contribution in [0.5, 0.6) is 0 Å². The summed E-state index contributed by atoms with van der Waals surface area (Å²) < 4.78 is 0. The zero-order valence-electron chi connectivity index (χ0n) is 8.14. The van der Waals surface area contributed by atoms with Crippen molar-refractivity contribution in [2.24, 2.45) is 23.7 Å². The molecule has 3 heteroatoms. The lowest BCUT2D eigenvalue weighted by Gasteiger charge is -2.14. The van der Waals surface area contributed by atoms with Gasteiger partial charge >= 0.3 is 0 Å². The van der Waals surface area contributed by atoms with Gasteiger partial charge in [-0.05, 0) is 25.2 Å². The van der Waals surface area contributed by atoms with Gasteiger partial charge in [0.1, 0.15) is 0 Å². The van der Waals surface area contributed by atoms with Gasteiger partial charge in [-0.25, -0.2) is 0 Å². The van der Waals surface area contributed by atoms with E-state index in [0.29, 0.717) is 18.4 Å². The van der Waals surface area contributed by atoms with Gasteiger partial charge in [-0.1, -0.05) is 12.2 Å². The lowest BCUT2D eigenvalue weighted by molar-refractivity contribution is -0.140. The summed E-state index contributed by atoms with van der Waals surface area (Å²) in [6.07, 6.45) is 5.26. The first-order valence-electron chi connectivity index (χ1n) is 5.27. The molecule has 0 radical (unpaired) electrons. The van der Waals surface area contributed by atoms with Crippen LogP contribution in [0, 0.1) is 23.7 Å². The van der Waals surface area contributed by atoms with Crippen LogP contribution >= 0.6 is 0 Å². The standard InChI is InChI=1S/C11H13NO2/c1-2-12-10(13)8-6-3-4-7(5-6)9(8)11(12)14/h3-4,6-9H,2,5H2,1H3/t6?,7?,8-,9+. The van der Waals surface area contributed by atoms with E-state index in [-0.39, 0.29) is 23.7 Å². The Morgan fingerprint density at radius 2 is 1.71 bits per heavy atom. The SMILES string of the molecule is CCN1C(=O)[C@@H]2C3C=CC(C3)[C@@H]2C1=O. The van der Waals surface area contributed by atoms with Gasteiger partial charge in [0, 0.05) is 6.54 Å². The van der Waals surface area contributed by atoms with E-state index in [1.54, 1.807) is 0 Å². The van der Waals surface area contributed by atoms with Crippen molar-refractivity contribution in [1.82, 2.24) is 4.90 Å². The zero-order valence-corrected chi connectivity index (χ0v) is 8.14. The molecule has 2 bridgehead atoms. The van der Waals surface area contributed by atoms with Crippen molar-refractivity contribution < 1.29 is 9.59 Å². The molecule has 0 aromatic heterocycles. The van der Waals surface area contributed by atoms with Crippen LogP contribution in [-0.2, 0) is 9.59 Å². The average Bonchev–Trinajstić information content (AvgIpc) is 2.80. The quantitative estimate of drug-likeness (QED) is 0.454. The molecule has 2 amide bonds. The fraction of sp³-hybridized carbons (Fsp3) is 0.636. The van der Waals surface area contributed by atoms with Crippen LogP contribution < -0.4 is 0 Å². The smallest absolute Gasteiger partial charge is 0.233 e. The Bertz CT molecular complexity index is 317. The van der Waals surface area contributed by atoms with E-state index in [4.69, 9.17) is 0 Å². The maximum absolute atomic E-state index is 11.9. The van der Waals surface area contributed by atoms with Gasteiger partial charge in [0.05, 0.1) is 11.8 Å². The molecule has 3 rings (SSSR count). The summed E-state index contributed by atoms with van der Waals surface area (Å²) in [5.41, 5.74) is 0. The molecule has 0 aromatic carbocycles. The maximum Gasteiger partial charge on any atom is 0.233 e. The second-order valence-corrected chi connectivity index (χ2v) is 4.42. The molecule has 1 heterocycles. The van der Waals surface area contributed by atoms with Crippen LogP contribution in [0.15, 0.2) is 12.2 Å². The second-order valence-electron chi connectivity index (χ2n) is 4.42. The van der Waals surface area contributed by atoms with Gasteiger partial charge in [0.15, 0.2) is 0 Å². The Kier molecular flexibility index (Phi) is 1.45. The van der Waals surface area contributed by atoms with Crippen molar-refractivity contribution in [3.8, 4) is 0 Å². The van der Waals surface area contributed by atoms with Crippen LogP contribution in [0.1, 0.15) is 13.3 Å². The Morgan fingerprint density at radius 1 is 1.21 bits per heavy atom. The molecular weight excluding hydrogens is 178 g/mol. The van der Waals surface area contributed by atoms with Crippen molar-refractivity contribution in [1.29, 1.82) is 0 Å².